The van der Waals surface area contributed by atoms with E-state index in [2.05, 4.69) is 26.3 Å². The van der Waals surface area contributed by atoms with E-state index in [0.29, 0.717) is 6.42 Å². The van der Waals surface area contributed by atoms with Crippen molar-refractivity contribution in [3.8, 4) is 0 Å². The molecule has 2 atom stereocenters. The fraction of sp³-hybridized carbons (Fsp3) is 0.267. The van der Waals surface area contributed by atoms with Crippen molar-refractivity contribution < 1.29 is 4.74 Å². The predicted octanol–water partition coefficient (Wildman–Crippen LogP) is 2.61. The largest absolute Gasteiger partial charge is 0.375 e. The van der Waals surface area contributed by atoms with E-state index < -0.39 is 0 Å². The van der Waals surface area contributed by atoms with Crippen molar-refractivity contribution in [2.75, 3.05) is 7.11 Å². The summed E-state index contributed by atoms with van der Waals surface area (Å²) in [5.74, 6) is 5.70. The van der Waals surface area contributed by atoms with Crippen LogP contribution in [0.2, 0.25) is 0 Å². The molecule has 2 unspecified atom stereocenters. The molecular weight excluding hydrogens is 318 g/mol. The molecule has 0 amide bonds. The average Bonchev–Trinajstić information content (AvgIpc) is 2.50. The van der Waals surface area contributed by atoms with Gasteiger partial charge in [0.05, 0.1) is 12.1 Å². The van der Waals surface area contributed by atoms with E-state index in [1.54, 1.807) is 13.3 Å². The second kappa shape index (κ2) is 7.50. The molecule has 0 saturated heterocycles. The second-order valence-corrected chi connectivity index (χ2v) is 5.43. The SMILES string of the molecule is COC(c1ccccc1)C(Cc1ccc(Br)cn1)NN. The Bertz CT molecular complexity index is 518. The molecule has 0 fully saturated rings. The van der Waals surface area contributed by atoms with Crippen molar-refractivity contribution in [1.29, 1.82) is 0 Å². The molecule has 3 N–H and O–H groups in total. The highest BCUT2D eigenvalue weighted by molar-refractivity contribution is 9.10. The number of rotatable bonds is 6. The Balaban J connectivity index is 2.15. The third kappa shape index (κ3) is 3.86. The highest BCUT2D eigenvalue weighted by Crippen LogP contribution is 2.22. The van der Waals surface area contributed by atoms with Crippen LogP contribution in [-0.2, 0) is 11.2 Å². The Hall–Kier alpha value is -1.27. The molecule has 0 spiro atoms. The number of nitrogens with one attached hydrogen (secondary N) is 1. The van der Waals surface area contributed by atoms with Crippen LogP contribution in [0.25, 0.3) is 0 Å². The Morgan fingerprint density at radius 1 is 1.25 bits per heavy atom. The highest BCUT2D eigenvalue weighted by Gasteiger charge is 2.22. The predicted molar refractivity (Wildman–Crippen MR) is 82.9 cm³/mol. The Labute approximate surface area is 127 Å². The molecule has 4 nitrogen and oxygen atoms in total. The number of nitrogens with two attached hydrogens (primary N) is 1. The van der Waals surface area contributed by atoms with Crippen LogP contribution in [0.3, 0.4) is 0 Å². The summed E-state index contributed by atoms with van der Waals surface area (Å²) >= 11 is 3.38. The van der Waals surface area contributed by atoms with Gasteiger partial charge in [-0.05, 0) is 33.6 Å². The minimum Gasteiger partial charge on any atom is -0.375 e. The van der Waals surface area contributed by atoms with Crippen molar-refractivity contribution >= 4 is 15.9 Å². The van der Waals surface area contributed by atoms with Gasteiger partial charge in [-0.3, -0.25) is 16.3 Å². The number of hydrogen-bond acceptors (Lipinski definition) is 4. The third-order valence-corrected chi connectivity index (χ3v) is 3.65. The monoisotopic (exact) mass is 335 g/mol. The summed E-state index contributed by atoms with van der Waals surface area (Å²) in [7, 11) is 1.69. The van der Waals surface area contributed by atoms with Gasteiger partial charge in [0.1, 0.15) is 0 Å². The van der Waals surface area contributed by atoms with E-state index in [-0.39, 0.29) is 12.1 Å². The molecule has 20 heavy (non-hydrogen) atoms. The molecule has 0 aliphatic carbocycles. The lowest BCUT2D eigenvalue weighted by Crippen LogP contribution is -2.42. The first-order chi connectivity index (χ1) is 9.74. The number of hydrazine groups is 1. The summed E-state index contributed by atoms with van der Waals surface area (Å²) in [5, 5.41) is 0. The van der Waals surface area contributed by atoms with Crippen LogP contribution < -0.4 is 11.3 Å². The van der Waals surface area contributed by atoms with Crippen LogP contribution in [0, 0.1) is 0 Å². The van der Waals surface area contributed by atoms with Gasteiger partial charge in [0, 0.05) is 29.9 Å². The van der Waals surface area contributed by atoms with Crippen LogP contribution in [-0.4, -0.2) is 18.1 Å². The first kappa shape index (κ1) is 15.1. The maximum Gasteiger partial charge on any atom is 0.0991 e. The zero-order valence-corrected chi connectivity index (χ0v) is 12.9. The zero-order chi connectivity index (χ0) is 14.4. The maximum absolute atomic E-state index is 5.70. The van der Waals surface area contributed by atoms with Crippen LogP contribution in [0.5, 0.6) is 0 Å². The molecule has 2 rings (SSSR count). The number of aromatic nitrogens is 1. The summed E-state index contributed by atoms with van der Waals surface area (Å²) in [6.45, 7) is 0. The fourth-order valence-corrected chi connectivity index (χ4v) is 2.42. The molecule has 1 aromatic heterocycles. The average molecular weight is 336 g/mol. The van der Waals surface area contributed by atoms with Crippen molar-refractivity contribution in [3.63, 3.8) is 0 Å². The van der Waals surface area contributed by atoms with E-state index in [9.17, 15) is 0 Å². The lowest BCUT2D eigenvalue weighted by molar-refractivity contribution is 0.0675. The molecule has 106 valence electrons. The minimum absolute atomic E-state index is 0.0453. The lowest BCUT2D eigenvalue weighted by Gasteiger charge is -2.25. The molecule has 0 aliphatic heterocycles. The minimum atomic E-state index is -0.119. The second-order valence-electron chi connectivity index (χ2n) is 4.51. The summed E-state index contributed by atoms with van der Waals surface area (Å²) in [4.78, 5) is 4.38. The number of halogens is 1. The topological polar surface area (TPSA) is 60.2 Å². The Morgan fingerprint density at radius 2 is 2.00 bits per heavy atom. The first-order valence-corrected chi connectivity index (χ1v) is 7.18. The van der Waals surface area contributed by atoms with Crippen molar-refractivity contribution in [3.05, 3.63) is 64.4 Å². The van der Waals surface area contributed by atoms with Gasteiger partial charge in [-0.2, -0.15) is 0 Å². The van der Waals surface area contributed by atoms with Gasteiger partial charge in [0.2, 0.25) is 0 Å². The zero-order valence-electron chi connectivity index (χ0n) is 11.3. The molecule has 0 aliphatic rings. The highest BCUT2D eigenvalue weighted by atomic mass is 79.9. The smallest absolute Gasteiger partial charge is 0.0991 e. The van der Waals surface area contributed by atoms with E-state index in [4.69, 9.17) is 10.6 Å². The number of methoxy groups -OCH3 is 1. The normalized spacial score (nSPS) is 13.9. The molecule has 0 bridgehead atoms. The van der Waals surface area contributed by atoms with Crippen LogP contribution in [0.1, 0.15) is 17.4 Å². The molecule has 1 aromatic carbocycles. The number of ether oxygens (including phenoxy) is 1. The summed E-state index contributed by atoms with van der Waals surface area (Å²) < 4.78 is 6.57. The molecule has 2 aromatic rings. The number of hydrogen-bond donors (Lipinski definition) is 2. The van der Waals surface area contributed by atoms with Crippen molar-refractivity contribution in [2.24, 2.45) is 5.84 Å². The maximum atomic E-state index is 5.70. The number of benzene rings is 1. The van der Waals surface area contributed by atoms with E-state index >= 15 is 0 Å². The summed E-state index contributed by atoms with van der Waals surface area (Å²) in [6, 6.07) is 13.9. The van der Waals surface area contributed by atoms with Gasteiger partial charge in [0.15, 0.2) is 0 Å². The molecule has 0 saturated carbocycles. The van der Waals surface area contributed by atoms with E-state index in [1.165, 1.54) is 0 Å². The van der Waals surface area contributed by atoms with Crippen molar-refractivity contribution in [1.82, 2.24) is 10.4 Å². The number of nitrogens with zero attached hydrogens (tertiary/aromatic N) is 1. The first-order valence-electron chi connectivity index (χ1n) is 6.39. The summed E-state index contributed by atoms with van der Waals surface area (Å²) in [5.41, 5.74) is 4.90. The lowest BCUT2D eigenvalue weighted by atomic mass is 9.98. The van der Waals surface area contributed by atoms with Crippen LogP contribution in [0.4, 0.5) is 0 Å². The van der Waals surface area contributed by atoms with Gasteiger partial charge in [0.25, 0.3) is 0 Å². The Morgan fingerprint density at radius 3 is 2.55 bits per heavy atom. The van der Waals surface area contributed by atoms with Gasteiger partial charge in [-0.15, -0.1) is 0 Å². The molecule has 5 heteroatoms. The van der Waals surface area contributed by atoms with Gasteiger partial charge < -0.3 is 4.74 Å². The quantitative estimate of drug-likeness (QED) is 0.629. The van der Waals surface area contributed by atoms with E-state index in [1.807, 2.05) is 42.5 Å². The third-order valence-electron chi connectivity index (χ3n) is 3.18. The summed E-state index contributed by atoms with van der Waals surface area (Å²) in [6.07, 6.45) is 2.36. The molecule has 0 radical (unpaired) electrons. The van der Waals surface area contributed by atoms with Crippen LogP contribution >= 0.6 is 15.9 Å². The van der Waals surface area contributed by atoms with Gasteiger partial charge in [-0.25, -0.2) is 0 Å². The van der Waals surface area contributed by atoms with Gasteiger partial charge in [-0.1, -0.05) is 30.3 Å². The van der Waals surface area contributed by atoms with Crippen LogP contribution in [0.15, 0.2) is 53.1 Å². The van der Waals surface area contributed by atoms with E-state index in [0.717, 1.165) is 15.7 Å². The van der Waals surface area contributed by atoms with Gasteiger partial charge >= 0.3 is 0 Å². The van der Waals surface area contributed by atoms with Crippen molar-refractivity contribution in [2.45, 2.75) is 18.6 Å². The standard InChI is InChI=1S/C15H18BrN3O/c1-20-15(11-5-3-2-4-6-11)14(19-17)9-13-8-7-12(16)10-18-13/h2-8,10,14-15,19H,9,17H2,1H3. The molecule has 1 heterocycles. The molecular formula is C15H18BrN3O. The number of pyridine rings is 1. The fourth-order valence-electron chi connectivity index (χ4n) is 2.18. The Kier molecular flexibility index (Phi) is 5.67.